The Morgan fingerprint density at radius 2 is 2.41 bits per heavy atom. The fourth-order valence-electron chi connectivity index (χ4n) is 1.77. The molecule has 0 amide bonds. The van der Waals surface area contributed by atoms with Crippen LogP contribution in [0.4, 0.5) is 0 Å². The van der Waals surface area contributed by atoms with Gasteiger partial charge in [0.1, 0.15) is 0 Å². The number of rotatable bonds is 7. The van der Waals surface area contributed by atoms with Gasteiger partial charge in [0.05, 0.1) is 18.8 Å². The number of aliphatic carboxylic acids is 1. The molecule has 6 heteroatoms. The van der Waals surface area contributed by atoms with Crippen molar-refractivity contribution < 1.29 is 14.6 Å². The van der Waals surface area contributed by atoms with E-state index in [1.54, 1.807) is 18.0 Å². The lowest BCUT2D eigenvalue weighted by molar-refractivity contribution is -0.139. The molecule has 0 aromatic carbocycles. The number of hydrogen-bond donors (Lipinski definition) is 1. The Kier molecular flexibility index (Phi) is 5.11. The number of carboxylic acids is 1. The number of ether oxygens (including phenoxy) is 1. The third-order valence-corrected chi connectivity index (χ3v) is 2.76. The molecule has 0 bridgehead atoms. The van der Waals surface area contributed by atoms with Crippen LogP contribution in [0, 0.1) is 0 Å². The molecule has 0 fully saturated rings. The van der Waals surface area contributed by atoms with Crippen LogP contribution in [0.15, 0.2) is 12.3 Å². The van der Waals surface area contributed by atoms with Crippen LogP contribution in [0.2, 0.25) is 0 Å². The first-order valence-electron chi connectivity index (χ1n) is 5.49. The Bertz CT molecular complexity index is 365. The average Bonchev–Trinajstić information content (AvgIpc) is 2.69. The van der Waals surface area contributed by atoms with Crippen molar-refractivity contribution in [2.24, 2.45) is 7.05 Å². The summed E-state index contributed by atoms with van der Waals surface area (Å²) in [5, 5.41) is 13.0. The van der Waals surface area contributed by atoms with Crippen molar-refractivity contribution in [2.75, 3.05) is 26.8 Å². The summed E-state index contributed by atoms with van der Waals surface area (Å²) in [5.74, 6) is -0.838. The summed E-state index contributed by atoms with van der Waals surface area (Å²) in [6, 6.07) is 1.89. The quantitative estimate of drug-likeness (QED) is 0.753. The van der Waals surface area contributed by atoms with Crippen molar-refractivity contribution in [3.8, 4) is 0 Å². The second-order valence-electron chi connectivity index (χ2n) is 3.91. The first-order valence-corrected chi connectivity index (χ1v) is 5.49. The molecule has 1 heterocycles. The molecule has 0 aliphatic carbocycles. The van der Waals surface area contributed by atoms with Gasteiger partial charge in [0.25, 0.3) is 0 Å². The van der Waals surface area contributed by atoms with E-state index in [0.717, 1.165) is 5.69 Å². The van der Waals surface area contributed by atoms with Gasteiger partial charge in [-0.05, 0) is 13.0 Å². The highest BCUT2D eigenvalue weighted by Gasteiger charge is 2.20. The molecule has 1 unspecified atom stereocenters. The van der Waals surface area contributed by atoms with Gasteiger partial charge >= 0.3 is 5.97 Å². The van der Waals surface area contributed by atoms with E-state index in [-0.39, 0.29) is 12.6 Å². The van der Waals surface area contributed by atoms with Gasteiger partial charge in [-0.1, -0.05) is 0 Å². The van der Waals surface area contributed by atoms with Gasteiger partial charge in [-0.25, -0.2) is 0 Å². The molecule has 0 aliphatic rings. The topological polar surface area (TPSA) is 67.6 Å². The second kappa shape index (κ2) is 6.36. The maximum atomic E-state index is 10.8. The molecule has 0 spiro atoms. The Morgan fingerprint density at radius 1 is 1.71 bits per heavy atom. The Labute approximate surface area is 101 Å². The predicted octanol–water partition coefficient (Wildman–Crippen LogP) is 0.514. The standard InChI is InChI=1S/C11H19N3O3/c1-9(10-4-5-12-13(10)2)14(6-7-17-3)8-11(15)16/h4-5,9H,6-8H2,1-3H3,(H,15,16). The third-order valence-electron chi connectivity index (χ3n) is 2.76. The number of methoxy groups -OCH3 is 1. The van der Waals surface area contributed by atoms with Crippen molar-refractivity contribution in [1.29, 1.82) is 0 Å². The molecule has 1 N–H and O–H groups in total. The molecule has 1 atom stereocenters. The Morgan fingerprint density at radius 3 is 2.88 bits per heavy atom. The summed E-state index contributed by atoms with van der Waals surface area (Å²) in [5.41, 5.74) is 0.988. The minimum atomic E-state index is -0.838. The monoisotopic (exact) mass is 241 g/mol. The molecule has 96 valence electrons. The predicted molar refractivity (Wildman–Crippen MR) is 62.7 cm³/mol. The van der Waals surface area contributed by atoms with Crippen LogP contribution in [-0.2, 0) is 16.6 Å². The summed E-state index contributed by atoms with van der Waals surface area (Å²) in [7, 11) is 3.45. The van der Waals surface area contributed by atoms with Crippen LogP contribution in [0.1, 0.15) is 18.7 Å². The fourth-order valence-corrected chi connectivity index (χ4v) is 1.77. The average molecular weight is 241 g/mol. The Hall–Kier alpha value is -1.40. The van der Waals surface area contributed by atoms with Gasteiger partial charge < -0.3 is 9.84 Å². The van der Waals surface area contributed by atoms with Crippen LogP contribution >= 0.6 is 0 Å². The van der Waals surface area contributed by atoms with E-state index in [0.29, 0.717) is 13.2 Å². The molecule has 0 aliphatic heterocycles. The minimum Gasteiger partial charge on any atom is -0.480 e. The third kappa shape index (κ3) is 3.83. The van der Waals surface area contributed by atoms with Crippen molar-refractivity contribution in [3.63, 3.8) is 0 Å². The molecule has 1 aromatic rings. The zero-order chi connectivity index (χ0) is 12.8. The van der Waals surface area contributed by atoms with E-state index in [4.69, 9.17) is 9.84 Å². The fraction of sp³-hybridized carbons (Fsp3) is 0.636. The normalized spacial score (nSPS) is 12.9. The van der Waals surface area contributed by atoms with E-state index in [1.165, 1.54) is 0 Å². The second-order valence-corrected chi connectivity index (χ2v) is 3.91. The SMILES string of the molecule is COCCN(CC(=O)O)C(C)c1ccnn1C. The van der Waals surface area contributed by atoms with Crippen LogP contribution in [-0.4, -0.2) is 52.6 Å². The van der Waals surface area contributed by atoms with Crippen molar-refractivity contribution in [3.05, 3.63) is 18.0 Å². The lowest BCUT2D eigenvalue weighted by Crippen LogP contribution is -2.35. The van der Waals surface area contributed by atoms with E-state index in [2.05, 4.69) is 5.10 Å². The number of carboxylic acid groups (broad SMARTS) is 1. The molecule has 1 rings (SSSR count). The summed E-state index contributed by atoms with van der Waals surface area (Å²) in [6.07, 6.45) is 1.71. The van der Waals surface area contributed by atoms with Gasteiger partial charge in [0, 0.05) is 32.9 Å². The molecular weight excluding hydrogens is 222 g/mol. The van der Waals surface area contributed by atoms with Crippen molar-refractivity contribution >= 4 is 5.97 Å². The summed E-state index contributed by atoms with van der Waals surface area (Å²) < 4.78 is 6.75. The number of aryl methyl sites for hydroxylation is 1. The lowest BCUT2D eigenvalue weighted by Gasteiger charge is -2.27. The van der Waals surface area contributed by atoms with Gasteiger partial charge in [-0.2, -0.15) is 5.10 Å². The maximum Gasteiger partial charge on any atom is 0.317 e. The highest BCUT2D eigenvalue weighted by Crippen LogP contribution is 2.18. The highest BCUT2D eigenvalue weighted by molar-refractivity contribution is 5.69. The van der Waals surface area contributed by atoms with E-state index in [9.17, 15) is 4.79 Å². The van der Waals surface area contributed by atoms with Crippen molar-refractivity contribution in [1.82, 2.24) is 14.7 Å². The van der Waals surface area contributed by atoms with E-state index >= 15 is 0 Å². The number of nitrogens with zero attached hydrogens (tertiary/aromatic N) is 3. The number of carbonyl (C=O) groups is 1. The van der Waals surface area contributed by atoms with Crippen LogP contribution in [0.5, 0.6) is 0 Å². The summed E-state index contributed by atoms with van der Waals surface area (Å²) in [6.45, 7) is 3.05. The van der Waals surface area contributed by atoms with Crippen LogP contribution in [0.3, 0.4) is 0 Å². The van der Waals surface area contributed by atoms with Gasteiger partial charge in [0.15, 0.2) is 0 Å². The first-order chi connectivity index (χ1) is 8.06. The molecule has 6 nitrogen and oxygen atoms in total. The smallest absolute Gasteiger partial charge is 0.317 e. The van der Waals surface area contributed by atoms with Crippen LogP contribution in [0.25, 0.3) is 0 Å². The molecular formula is C11H19N3O3. The van der Waals surface area contributed by atoms with Gasteiger partial charge in [-0.15, -0.1) is 0 Å². The summed E-state index contributed by atoms with van der Waals surface area (Å²) >= 11 is 0. The molecule has 0 saturated heterocycles. The molecule has 17 heavy (non-hydrogen) atoms. The van der Waals surface area contributed by atoms with Gasteiger partial charge in [-0.3, -0.25) is 14.4 Å². The zero-order valence-corrected chi connectivity index (χ0v) is 10.5. The molecule has 0 radical (unpaired) electrons. The largest absolute Gasteiger partial charge is 0.480 e. The minimum absolute atomic E-state index is 0.00426. The summed E-state index contributed by atoms with van der Waals surface area (Å²) in [4.78, 5) is 12.7. The lowest BCUT2D eigenvalue weighted by atomic mass is 10.2. The highest BCUT2D eigenvalue weighted by atomic mass is 16.5. The molecule has 1 aromatic heterocycles. The maximum absolute atomic E-state index is 10.8. The Balaban J connectivity index is 2.74. The van der Waals surface area contributed by atoms with E-state index in [1.807, 2.05) is 24.9 Å². The van der Waals surface area contributed by atoms with Crippen molar-refractivity contribution in [2.45, 2.75) is 13.0 Å². The number of aromatic nitrogens is 2. The zero-order valence-electron chi connectivity index (χ0n) is 10.5. The van der Waals surface area contributed by atoms with Crippen LogP contribution < -0.4 is 0 Å². The first kappa shape index (κ1) is 13.7. The van der Waals surface area contributed by atoms with Gasteiger partial charge in [0.2, 0.25) is 0 Å². The molecule has 0 saturated carbocycles. The number of hydrogen-bond acceptors (Lipinski definition) is 4. The van der Waals surface area contributed by atoms with E-state index < -0.39 is 5.97 Å².